The third kappa shape index (κ3) is 4.01. The van der Waals surface area contributed by atoms with Gasteiger partial charge in [0.05, 0.1) is 11.4 Å². The van der Waals surface area contributed by atoms with E-state index in [2.05, 4.69) is 40.7 Å². The Morgan fingerprint density at radius 1 is 0.844 bits per heavy atom. The second-order valence-corrected chi connectivity index (χ2v) is 8.12. The quantitative estimate of drug-likeness (QED) is 0.332. The van der Waals surface area contributed by atoms with Gasteiger partial charge in [0.15, 0.2) is 5.69 Å². The highest BCUT2D eigenvalue weighted by molar-refractivity contribution is 6.30. The Labute approximate surface area is 191 Å². The van der Waals surface area contributed by atoms with Crippen molar-refractivity contribution >= 4 is 34.0 Å². The Bertz CT molecular complexity index is 1420. The number of rotatable bonds is 4. The lowest BCUT2D eigenvalue weighted by Gasteiger charge is -2.09. The third-order valence-electron chi connectivity index (χ3n) is 5.37. The molecule has 0 radical (unpaired) electrons. The molecule has 5 rings (SSSR count). The summed E-state index contributed by atoms with van der Waals surface area (Å²) in [5, 5.41) is 10.5. The lowest BCUT2D eigenvalue weighted by atomic mass is 10.0. The van der Waals surface area contributed by atoms with E-state index in [9.17, 15) is 4.79 Å². The van der Waals surface area contributed by atoms with E-state index >= 15 is 0 Å². The second kappa shape index (κ2) is 8.33. The molecule has 5 heteroatoms. The minimum absolute atomic E-state index is 0.278. The number of carbonyl (C=O) groups excluding carboxylic acids is 1. The predicted molar refractivity (Wildman–Crippen MR) is 131 cm³/mol. The topological polar surface area (TPSA) is 46.9 Å². The molecule has 0 saturated heterocycles. The Kier molecular flexibility index (Phi) is 5.21. The summed E-state index contributed by atoms with van der Waals surface area (Å²) in [6, 6.07) is 31.4. The van der Waals surface area contributed by atoms with E-state index in [1.54, 1.807) is 24.3 Å². The minimum atomic E-state index is -0.278. The number of hydrogen-bond donors (Lipinski definition) is 1. The van der Waals surface area contributed by atoms with Crippen LogP contribution in [0.15, 0.2) is 97.1 Å². The van der Waals surface area contributed by atoms with E-state index in [-0.39, 0.29) is 5.91 Å². The first-order chi connectivity index (χ1) is 15.6. The molecule has 0 bridgehead atoms. The number of fused-ring (bicyclic) bond motifs is 1. The molecule has 0 fully saturated rings. The summed E-state index contributed by atoms with van der Waals surface area (Å²) in [5.74, 6) is -0.278. The first kappa shape index (κ1) is 20.0. The molecule has 1 heterocycles. The van der Waals surface area contributed by atoms with Gasteiger partial charge in [-0.1, -0.05) is 65.7 Å². The summed E-state index contributed by atoms with van der Waals surface area (Å²) >= 11 is 5.95. The summed E-state index contributed by atoms with van der Waals surface area (Å²) in [4.78, 5) is 13.0. The second-order valence-electron chi connectivity index (χ2n) is 7.69. The fourth-order valence-corrected chi connectivity index (χ4v) is 3.78. The predicted octanol–water partition coefficient (Wildman–Crippen LogP) is 6.91. The monoisotopic (exact) mass is 437 g/mol. The van der Waals surface area contributed by atoms with Gasteiger partial charge in [0.2, 0.25) is 0 Å². The largest absolute Gasteiger partial charge is 0.321 e. The smallest absolute Gasteiger partial charge is 0.276 e. The zero-order chi connectivity index (χ0) is 22.1. The maximum absolute atomic E-state index is 13.0. The highest BCUT2D eigenvalue weighted by Crippen LogP contribution is 2.28. The molecule has 1 N–H and O–H groups in total. The van der Waals surface area contributed by atoms with Gasteiger partial charge in [-0.05, 0) is 66.2 Å². The summed E-state index contributed by atoms with van der Waals surface area (Å²) in [5.41, 5.74) is 4.89. The van der Waals surface area contributed by atoms with E-state index in [0.29, 0.717) is 16.4 Å². The number of halogens is 1. The van der Waals surface area contributed by atoms with Gasteiger partial charge < -0.3 is 5.32 Å². The number of nitrogens with one attached hydrogen (secondary N) is 1. The molecule has 0 saturated carbocycles. The van der Waals surface area contributed by atoms with Crippen molar-refractivity contribution in [2.24, 2.45) is 0 Å². The van der Waals surface area contributed by atoms with Crippen LogP contribution in [0.5, 0.6) is 0 Å². The standard InChI is InChI=1S/C27H20ClN3O/c1-18-6-14-24(15-7-18)31-26(21-9-8-19-4-2-3-5-20(19)16-21)17-25(30-31)27(32)29-23-12-10-22(28)11-13-23/h2-17H,1H3,(H,29,32). The molecule has 5 aromatic rings. The van der Waals surface area contributed by atoms with Crippen LogP contribution in [0.4, 0.5) is 5.69 Å². The lowest BCUT2D eigenvalue weighted by Crippen LogP contribution is -2.13. The number of carbonyl (C=O) groups is 1. The van der Waals surface area contributed by atoms with Gasteiger partial charge in [-0.3, -0.25) is 4.79 Å². The summed E-state index contributed by atoms with van der Waals surface area (Å²) in [6.07, 6.45) is 0. The molecule has 156 valence electrons. The normalized spacial score (nSPS) is 10.9. The van der Waals surface area contributed by atoms with E-state index in [0.717, 1.165) is 27.9 Å². The van der Waals surface area contributed by atoms with Crippen molar-refractivity contribution in [1.82, 2.24) is 9.78 Å². The average molecular weight is 438 g/mol. The first-order valence-corrected chi connectivity index (χ1v) is 10.7. The first-order valence-electron chi connectivity index (χ1n) is 10.3. The van der Waals surface area contributed by atoms with E-state index < -0.39 is 0 Å². The van der Waals surface area contributed by atoms with Gasteiger partial charge in [0.1, 0.15) is 0 Å². The van der Waals surface area contributed by atoms with Gasteiger partial charge in [0, 0.05) is 16.3 Å². The van der Waals surface area contributed by atoms with E-state index in [1.807, 2.05) is 54.1 Å². The zero-order valence-corrected chi connectivity index (χ0v) is 18.2. The van der Waals surface area contributed by atoms with Gasteiger partial charge in [-0.2, -0.15) is 5.10 Å². The fraction of sp³-hybridized carbons (Fsp3) is 0.0370. The van der Waals surface area contributed by atoms with Crippen LogP contribution in [0.2, 0.25) is 5.02 Å². The van der Waals surface area contributed by atoms with Crippen LogP contribution in [0.3, 0.4) is 0 Å². The molecule has 0 atom stereocenters. The van der Waals surface area contributed by atoms with Crippen molar-refractivity contribution in [2.75, 3.05) is 5.32 Å². The van der Waals surface area contributed by atoms with Gasteiger partial charge in [-0.15, -0.1) is 0 Å². The molecule has 0 aliphatic heterocycles. The summed E-state index contributed by atoms with van der Waals surface area (Å²) in [7, 11) is 0. The van der Waals surface area contributed by atoms with Crippen molar-refractivity contribution < 1.29 is 4.79 Å². The average Bonchev–Trinajstić information content (AvgIpc) is 3.26. The molecular weight excluding hydrogens is 418 g/mol. The Morgan fingerprint density at radius 3 is 2.31 bits per heavy atom. The number of aromatic nitrogens is 2. The molecule has 0 unspecified atom stereocenters. The SMILES string of the molecule is Cc1ccc(-n2nc(C(=O)Nc3ccc(Cl)cc3)cc2-c2ccc3ccccc3c2)cc1. The Balaban J connectivity index is 1.59. The van der Waals surface area contributed by atoms with Crippen molar-refractivity contribution in [2.45, 2.75) is 6.92 Å². The molecular formula is C27H20ClN3O. The van der Waals surface area contributed by atoms with Crippen LogP contribution in [0.1, 0.15) is 16.1 Å². The molecule has 32 heavy (non-hydrogen) atoms. The lowest BCUT2D eigenvalue weighted by molar-refractivity contribution is 0.102. The maximum atomic E-state index is 13.0. The third-order valence-corrected chi connectivity index (χ3v) is 5.62. The number of aryl methyl sites for hydroxylation is 1. The van der Waals surface area contributed by atoms with Crippen molar-refractivity contribution in [3.8, 4) is 16.9 Å². The maximum Gasteiger partial charge on any atom is 0.276 e. The number of benzene rings is 4. The molecule has 1 aromatic heterocycles. The number of hydrogen-bond acceptors (Lipinski definition) is 2. The zero-order valence-electron chi connectivity index (χ0n) is 17.4. The minimum Gasteiger partial charge on any atom is -0.321 e. The molecule has 0 aliphatic rings. The van der Waals surface area contributed by atoms with Crippen molar-refractivity contribution in [3.05, 3.63) is 113 Å². The van der Waals surface area contributed by atoms with Crippen molar-refractivity contribution in [1.29, 1.82) is 0 Å². The van der Waals surface area contributed by atoms with Gasteiger partial charge in [-0.25, -0.2) is 4.68 Å². The van der Waals surface area contributed by atoms with Crippen molar-refractivity contribution in [3.63, 3.8) is 0 Å². The van der Waals surface area contributed by atoms with Crippen LogP contribution >= 0.6 is 11.6 Å². The molecule has 0 aliphatic carbocycles. The van der Waals surface area contributed by atoms with Crippen LogP contribution in [-0.4, -0.2) is 15.7 Å². The highest BCUT2D eigenvalue weighted by atomic mass is 35.5. The number of nitrogens with zero attached hydrogens (tertiary/aromatic N) is 2. The van der Waals surface area contributed by atoms with Gasteiger partial charge >= 0.3 is 0 Å². The molecule has 0 spiro atoms. The van der Waals surface area contributed by atoms with E-state index in [1.165, 1.54) is 5.39 Å². The Morgan fingerprint density at radius 2 is 1.56 bits per heavy atom. The summed E-state index contributed by atoms with van der Waals surface area (Å²) < 4.78 is 1.82. The molecule has 1 amide bonds. The molecule has 4 nitrogen and oxygen atoms in total. The Hall–Kier alpha value is -3.89. The van der Waals surface area contributed by atoms with Crippen LogP contribution in [0, 0.1) is 6.92 Å². The number of anilines is 1. The van der Waals surface area contributed by atoms with E-state index in [4.69, 9.17) is 11.6 Å². The molecule has 4 aromatic carbocycles. The number of amides is 1. The van der Waals surface area contributed by atoms with Gasteiger partial charge in [0.25, 0.3) is 5.91 Å². The van der Waals surface area contributed by atoms with Crippen LogP contribution in [-0.2, 0) is 0 Å². The highest BCUT2D eigenvalue weighted by Gasteiger charge is 2.17. The fourth-order valence-electron chi connectivity index (χ4n) is 3.66. The summed E-state index contributed by atoms with van der Waals surface area (Å²) in [6.45, 7) is 2.04. The van der Waals surface area contributed by atoms with Crippen LogP contribution < -0.4 is 5.32 Å². The van der Waals surface area contributed by atoms with Crippen LogP contribution in [0.25, 0.3) is 27.7 Å².